The van der Waals surface area contributed by atoms with Crippen molar-refractivity contribution in [1.82, 2.24) is 0 Å². The van der Waals surface area contributed by atoms with Crippen molar-refractivity contribution in [1.29, 1.82) is 0 Å². The Morgan fingerprint density at radius 1 is 0.740 bits per heavy atom. The van der Waals surface area contributed by atoms with Crippen LogP contribution in [-0.4, -0.2) is 205 Å². The number of carbonyl (C=O) groups excluding carboxylic acids is 2. The van der Waals surface area contributed by atoms with Crippen LogP contribution < -0.4 is 0 Å². The molecule has 1 aromatic carbocycles. The average Bonchev–Trinajstić information content (AvgIpc) is 3.65. The van der Waals surface area contributed by atoms with Crippen molar-refractivity contribution in [3.63, 3.8) is 0 Å². The van der Waals surface area contributed by atoms with Crippen LogP contribution in [0, 0.1) is 34.5 Å². The van der Waals surface area contributed by atoms with Gasteiger partial charge in [0.1, 0.15) is 85.0 Å². The molecular formula is C52H80O21. The second-order valence-electron chi connectivity index (χ2n) is 22.9. The Kier molecular flexibility index (Phi) is 17.1. The van der Waals surface area contributed by atoms with Gasteiger partial charge in [-0.25, -0.2) is 4.79 Å². The maximum Gasteiger partial charge on any atom is 0.338 e. The molecule has 414 valence electrons. The fourth-order valence-corrected chi connectivity index (χ4v) is 14.2. The zero-order valence-corrected chi connectivity index (χ0v) is 42.8. The third-order valence-corrected chi connectivity index (χ3v) is 18.3. The molecule has 0 bridgehead atoms. The SMILES string of the molecule is COC1C(O)C(OC2CCC3(C)C(CCC4(O)C3CC(OC(=O)c3ccccc3)C3(C)C(C(C)OC(=O)CC(C)C)CCC43O)C2)OC(C)C1OC1OC(COC2OC(CO)C(O)C(O)C2O)C(O)C(O)C1O. The first-order valence-electron chi connectivity index (χ1n) is 26.1. The molecule has 8 rings (SSSR count). The van der Waals surface area contributed by atoms with Gasteiger partial charge in [0.25, 0.3) is 0 Å². The van der Waals surface area contributed by atoms with E-state index in [-0.39, 0.29) is 43.5 Å². The predicted octanol–water partition coefficient (Wildman–Crippen LogP) is 0.204. The van der Waals surface area contributed by atoms with Crippen LogP contribution in [0.1, 0.15) is 110 Å². The maximum atomic E-state index is 14.0. The molecule has 0 radical (unpaired) electrons. The topological polar surface area (TPSA) is 320 Å². The van der Waals surface area contributed by atoms with E-state index in [9.17, 15) is 60.7 Å². The lowest BCUT2D eigenvalue weighted by atomic mass is 9.40. The highest BCUT2D eigenvalue weighted by molar-refractivity contribution is 5.89. The van der Waals surface area contributed by atoms with Crippen LogP contribution in [0.2, 0.25) is 0 Å². The Labute approximate surface area is 425 Å². The monoisotopic (exact) mass is 1040 g/mol. The molecule has 25 unspecified atom stereocenters. The number of hydrogen-bond donors (Lipinski definition) is 10. The summed E-state index contributed by atoms with van der Waals surface area (Å²) < 4.78 is 54.0. The highest BCUT2D eigenvalue weighted by atomic mass is 16.8. The highest BCUT2D eigenvalue weighted by Crippen LogP contribution is 2.71. The number of methoxy groups -OCH3 is 1. The van der Waals surface area contributed by atoms with Crippen LogP contribution in [-0.2, 0) is 47.4 Å². The fourth-order valence-electron chi connectivity index (χ4n) is 14.2. The standard InChI is InChI=1S/C52H80O21/c1-24(2)19-35(54)67-25(3)30-15-18-52(64)50(30,6)34(72-45(62)27-11-9-8-10-12-27)21-33-49(5)16-14-29(20-28(49)13-17-51(33,52)63)69-48-42(61)44(65-7)43(26(4)68-48)73-47-41(60)39(58)37(56)32(71-47)23-66-46-40(59)38(57)36(55)31(22-53)70-46/h8-12,24-26,28-34,36-44,46-48,53,55-61,63-64H,13-23H2,1-7H3. The van der Waals surface area contributed by atoms with E-state index < -0.39 is 163 Å². The first-order valence-corrected chi connectivity index (χ1v) is 26.1. The van der Waals surface area contributed by atoms with Gasteiger partial charge in [0.05, 0.1) is 36.6 Å². The van der Waals surface area contributed by atoms with Crippen LogP contribution in [0.4, 0.5) is 0 Å². The Morgan fingerprint density at radius 2 is 1.38 bits per heavy atom. The third-order valence-electron chi connectivity index (χ3n) is 18.3. The number of ether oxygens (including phenoxy) is 9. The summed E-state index contributed by atoms with van der Waals surface area (Å²) >= 11 is 0. The first kappa shape index (κ1) is 56.7. The largest absolute Gasteiger partial charge is 0.462 e. The number of carbonyl (C=O) groups is 2. The summed E-state index contributed by atoms with van der Waals surface area (Å²) in [4.78, 5) is 27.0. The molecule has 0 spiro atoms. The molecule has 3 saturated heterocycles. The van der Waals surface area contributed by atoms with Crippen LogP contribution >= 0.6 is 0 Å². The van der Waals surface area contributed by atoms with Gasteiger partial charge in [-0.05, 0) is 101 Å². The smallest absolute Gasteiger partial charge is 0.338 e. The summed E-state index contributed by atoms with van der Waals surface area (Å²) in [5.41, 5.74) is -4.68. The van der Waals surface area contributed by atoms with Gasteiger partial charge in [0.2, 0.25) is 0 Å². The van der Waals surface area contributed by atoms with Gasteiger partial charge in [-0.2, -0.15) is 0 Å². The zero-order valence-electron chi connectivity index (χ0n) is 42.8. The van der Waals surface area contributed by atoms with Crippen molar-refractivity contribution in [3.05, 3.63) is 35.9 Å². The lowest BCUT2D eigenvalue weighted by Gasteiger charge is -2.68. The molecule has 21 heteroatoms. The Bertz CT molecular complexity index is 2030. The molecule has 7 fully saturated rings. The molecule has 0 aromatic heterocycles. The number of hydrogen-bond acceptors (Lipinski definition) is 21. The third kappa shape index (κ3) is 10.2. The predicted molar refractivity (Wildman–Crippen MR) is 251 cm³/mol. The van der Waals surface area contributed by atoms with Crippen molar-refractivity contribution < 1.29 is 103 Å². The van der Waals surface area contributed by atoms with Gasteiger partial charge >= 0.3 is 11.9 Å². The van der Waals surface area contributed by atoms with Gasteiger partial charge < -0.3 is 93.7 Å². The number of aliphatic hydroxyl groups is 10. The fraction of sp³-hybridized carbons (Fsp3) is 0.846. The number of fused-ring (bicyclic) bond motifs is 5. The lowest BCUT2D eigenvalue weighted by Crippen LogP contribution is -2.77. The lowest BCUT2D eigenvalue weighted by molar-refractivity contribution is -0.368. The van der Waals surface area contributed by atoms with E-state index in [1.807, 2.05) is 27.7 Å². The van der Waals surface area contributed by atoms with Crippen LogP contribution in [0.3, 0.4) is 0 Å². The minimum absolute atomic E-state index is 0.0279. The Balaban J connectivity index is 0.942. The van der Waals surface area contributed by atoms with Crippen LogP contribution in [0.5, 0.6) is 0 Å². The van der Waals surface area contributed by atoms with E-state index in [4.69, 9.17) is 42.6 Å². The van der Waals surface area contributed by atoms with Gasteiger partial charge in [-0.1, -0.05) is 45.9 Å². The molecule has 4 saturated carbocycles. The van der Waals surface area contributed by atoms with Crippen molar-refractivity contribution in [2.24, 2.45) is 34.5 Å². The second-order valence-corrected chi connectivity index (χ2v) is 22.9. The van der Waals surface area contributed by atoms with Crippen LogP contribution in [0.25, 0.3) is 0 Å². The number of benzene rings is 1. The number of rotatable bonds is 15. The Morgan fingerprint density at radius 3 is 2.04 bits per heavy atom. The van der Waals surface area contributed by atoms with Crippen molar-refractivity contribution in [3.8, 4) is 0 Å². The van der Waals surface area contributed by atoms with Crippen molar-refractivity contribution in [2.75, 3.05) is 20.3 Å². The molecule has 10 N–H and O–H groups in total. The maximum absolute atomic E-state index is 14.0. The molecule has 25 atom stereocenters. The molecule has 3 aliphatic heterocycles. The summed E-state index contributed by atoms with van der Waals surface area (Å²) in [5.74, 6) is -1.78. The number of esters is 2. The quantitative estimate of drug-likeness (QED) is 0.0829. The van der Waals surface area contributed by atoms with E-state index in [0.717, 1.165) is 0 Å². The summed E-state index contributed by atoms with van der Waals surface area (Å²) in [6.45, 7) is 10.1. The van der Waals surface area contributed by atoms with Gasteiger partial charge in [-0.3, -0.25) is 4.79 Å². The van der Waals surface area contributed by atoms with E-state index in [0.29, 0.717) is 37.7 Å². The Hall–Kier alpha value is -2.52. The van der Waals surface area contributed by atoms with E-state index >= 15 is 0 Å². The summed E-state index contributed by atoms with van der Waals surface area (Å²) in [6, 6.07) is 8.65. The van der Waals surface area contributed by atoms with Crippen molar-refractivity contribution in [2.45, 2.75) is 221 Å². The highest BCUT2D eigenvalue weighted by Gasteiger charge is 2.78. The normalized spacial score (nSPS) is 48.2. The molecular weight excluding hydrogens is 961 g/mol. The van der Waals surface area contributed by atoms with Gasteiger partial charge in [-0.15, -0.1) is 0 Å². The molecule has 0 amide bonds. The minimum atomic E-state index is -1.82. The minimum Gasteiger partial charge on any atom is -0.462 e. The number of aliphatic hydroxyl groups excluding tert-OH is 8. The summed E-state index contributed by atoms with van der Waals surface area (Å²) in [7, 11) is 1.35. The average molecular weight is 1040 g/mol. The molecule has 4 aliphatic carbocycles. The summed E-state index contributed by atoms with van der Waals surface area (Å²) in [5, 5.41) is 111. The molecule has 7 aliphatic rings. The van der Waals surface area contributed by atoms with E-state index in [1.54, 1.807) is 37.3 Å². The van der Waals surface area contributed by atoms with E-state index in [1.165, 1.54) is 7.11 Å². The van der Waals surface area contributed by atoms with Crippen LogP contribution in [0.15, 0.2) is 30.3 Å². The molecule has 1 aromatic rings. The molecule has 73 heavy (non-hydrogen) atoms. The second kappa shape index (κ2) is 22.1. The summed E-state index contributed by atoms with van der Waals surface area (Å²) in [6.07, 6.45) is -20.5. The first-order chi connectivity index (χ1) is 34.4. The molecule has 21 nitrogen and oxygen atoms in total. The van der Waals surface area contributed by atoms with Crippen molar-refractivity contribution >= 4 is 11.9 Å². The zero-order chi connectivity index (χ0) is 53.1. The van der Waals surface area contributed by atoms with E-state index in [2.05, 4.69) is 6.92 Å². The van der Waals surface area contributed by atoms with Gasteiger partial charge in [0, 0.05) is 24.9 Å². The molecule has 3 heterocycles. The van der Waals surface area contributed by atoms with Gasteiger partial charge in [0.15, 0.2) is 18.9 Å².